The molecule has 0 aliphatic heterocycles. The molecule has 1 aromatic heterocycles. The van der Waals surface area contributed by atoms with E-state index in [0.29, 0.717) is 13.0 Å². The Morgan fingerprint density at radius 1 is 1.73 bits per heavy atom. The number of aryl methyl sites for hydroxylation is 2. The van der Waals surface area contributed by atoms with E-state index >= 15 is 0 Å². The fourth-order valence-electron chi connectivity index (χ4n) is 1.48. The second-order valence-electron chi connectivity index (χ2n) is 3.85. The Bertz CT molecular complexity index is 345. The molecule has 5 heteroatoms. The van der Waals surface area contributed by atoms with E-state index in [9.17, 15) is 4.79 Å². The van der Waals surface area contributed by atoms with Crippen LogP contribution >= 0.6 is 0 Å². The number of primary amides is 1. The van der Waals surface area contributed by atoms with Gasteiger partial charge >= 0.3 is 0 Å². The van der Waals surface area contributed by atoms with E-state index in [1.165, 1.54) is 0 Å². The minimum atomic E-state index is -0.281. The van der Waals surface area contributed by atoms with Crippen LogP contribution < -0.4 is 11.1 Å². The summed E-state index contributed by atoms with van der Waals surface area (Å²) in [4.78, 5) is 10.7. The van der Waals surface area contributed by atoms with Crippen LogP contribution in [0.1, 0.15) is 24.7 Å². The van der Waals surface area contributed by atoms with Crippen LogP contribution in [0.4, 0.5) is 0 Å². The first kappa shape index (κ1) is 11.7. The zero-order valence-electron chi connectivity index (χ0n) is 9.45. The number of carbonyl (C=O) groups excluding carboxylic acids is 1. The number of carbonyl (C=O) groups is 1. The van der Waals surface area contributed by atoms with Crippen LogP contribution in [-0.2, 0) is 18.4 Å². The van der Waals surface area contributed by atoms with Crippen molar-refractivity contribution in [3.63, 3.8) is 0 Å². The van der Waals surface area contributed by atoms with Gasteiger partial charge in [0.05, 0.1) is 11.4 Å². The fraction of sp³-hybridized carbons (Fsp3) is 0.600. The third kappa shape index (κ3) is 3.71. The maximum absolute atomic E-state index is 10.7. The molecular weight excluding hydrogens is 192 g/mol. The van der Waals surface area contributed by atoms with E-state index in [-0.39, 0.29) is 11.9 Å². The van der Waals surface area contributed by atoms with E-state index in [1.807, 2.05) is 31.6 Å². The first-order valence-electron chi connectivity index (χ1n) is 5.00. The topological polar surface area (TPSA) is 72.9 Å². The first-order chi connectivity index (χ1) is 6.99. The molecule has 1 rings (SSSR count). The van der Waals surface area contributed by atoms with Gasteiger partial charge in [0.25, 0.3) is 0 Å². The second kappa shape index (κ2) is 4.93. The standard InChI is InChI=1S/C10H18N4O/c1-7(5-10(11)15)12-6-9-4-8(2)13-14(9)3/h4,7,12H,5-6H2,1-3H3,(H2,11,15). The molecule has 0 aliphatic rings. The maximum Gasteiger partial charge on any atom is 0.218 e. The summed E-state index contributed by atoms with van der Waals surface area (Å²) in [5.41, 5.74) is 7.20. The Balaban J connectivity index is 2.43. The lowest BCUT2D eigenvalue weighted by Crippen LogP contribution is -2.31. The molecule has 0 saturated carbocycles. The predicted octanol–water partition coefficient (Wildman–Crippen LogP) is 0.0820. The van der Waals surface area contributed by atoms with Crippen molar-refractivity contribution in [1.29, 1.82) is 0 Å². The maximum atomic E-state index is 10.7. The highest BCUT2D eigenvalue weighted by molar-refractivity contribution is 5.74. The molecule has 15 heavy (non-hydrogen) atoms. The first-order valence-corrected chi connectivity index (χ1v) is 5.00. The summed E-state index contributed by atoms with van der Waals surface area (Å²) in [6, 6.07) is 2.11. The molecule has 0 spiro atoms. The zero-order chi connectivity index (χ0) is 11.4. The summed E-state index contributed by atoms with van der Waals surface area (Å²) in [6.07, 6.45) is 0.358. The predicted molar refractivity (Wildman–Crippen MR) is 58.1 cm³/mol. The van der Waals surface area contributed by atoms with Gasteiger partial charge in [-0.25, -0.2) is 0 Å². The van der Waals surface area contributed by atoms with Gasteiger partial charge in [0.1, 0.15) is 0 Å². The molecule has 84 valence electrons. The SMILES string of the molecule is Cc1cc(CNC(C)CC(N)=O)n(C)n1. The minimum absolute atomic E-state index is 0.0951. The van der Waals surface area contributed by atoms with Crippen LogP contribution in [0, 0.1) is 6.92 Å². The molecule has 1 atom stereocenters. The molecule has 1 unspecified atom stereocenters. The third-order valence-electron chi connectivity index (χ3n) is 2.24. The average molecular weight is 210 g/mol. The lowest BCUT2D eigenvalue weighted by atomic mass is 10.2. The normalized spacial score (nSPS) is 12.7. The third-order valence-corrected chi connectivity index (χ3v) is 2.24. The van der Waals surface area contributed by atoms with Crippen LogP contribution in [0.25, 0.3) is 0 Å². The summed E-state index contributed by atoms with van der Waals surface area (Å²) in [7, 11) is 1.91. The number of hydrogen-bond donors (Lipinski definition) is 2. The molecular formula is C10H18N4O. The van der Waals surface area contributed by atoms with Crippen molar-refractivity contribution < 1.29 is 4.79 Å². The fourth-order valence-corrected chi connectivity index (χ4v) is 1.48. The second-order valence-corrected chi connectivity index (χ2v) is 3.85. The molecule has 1 heterocycles. The van der Waals surface area contributed by atoms with Gasteiger partial charge in [0.15, 0.2) is 0 Å². The van der Waals surface area contributed by atoms with Gasteiger partial charge in [-0.3, -0.25) is 9.48 Å². The number of aromatic nitrogens is 2. The summed E-state index contributed by atoms with van der Waals surface area (Å²) in [5, 5.41) is 7.46. The van der Waals surface area contributed by atoms with E-state index in [4.69, 9.17) is 5.73 Å². The van der Waals surface area contributed by atoms with Crippen LogP contribution in [0.3, 0.4) is 0 Å². The number of amides is 1. The van der Waals surface area contributed by atoms with Crippen molar-refractivity contribution in [2.24, 2.45) is 12.8 Å². The van der Waals surface area contributed by atoms with Crippen molar-refractivity contribution in [3.05, 3.63) is 17.5 Å². The Hall–Kier alpha value is -1.36. The lowest BCUT2D eigenvalue weighted by molar-refractivity contribution is -0.118. The monoisotopic (exact) mass is 210 g/mol. The zero-order valence-corrected chi connectivity index (χ0v) is 9.45. The molecule has 0 fully saturated rings. The van der Waals surface area contributed by atoms with Crippen LogP contribution in [0.2, 0.25) is 0 Å². The molecule has 5 nitrogen and oxygen atoms in total. The summed E-state index contributed by atoms with van der Waals surface area (Å²) >= 11 is 0. The molecule has 0 bridgehead atoms. The van der Waals surface area contributed by atoms with Gasteiger partial charge < -0.3 is 11.1 Å². The Morgan fingerprint density at radius 2 is 2.40 bits per heavy atom. The molecule has 0 radical (unpaired) electrons. The quantitative estimate of drug-likeness (QED) is 0.723. The summed E-state index contributed by atoms with van der Waals surface area (Å²) < 4.78 is 1.83. The molecule has 0 aromatic carbocycles. The number of rotatable bonds is 5. The molecule has 0 aliphatic carbocycles. The van der Waals surface area contributed by atoms with Gasteiger partial charge in [0.2, 0.25) is 5.91 Å². The van der Waals surface area contributed by atoms with Gasteiger partial charge in [-0.1, -0.05) is 0 Å². The Labute approximate surface area is 89.6 Å². The Kier molecular flexibility index (Phi) is 3.85. The van der Waals surface area contributed by atoms with E-state index in [1.54, 1.807) is 0 Å². The highest BCUT2D eigenvalue weighted by Crippen LogP contribution is 2.02. The summed E-state index contributed by atoms with van der Waals surface area (Å²) in [5.74, 6) is -0.281. The Morgan fingerprint density at radius 3 is 2.87 bits per heavy atom. The molecule has 1 amide bonds. The molecule has 3 N–H and O–H groups in total. The van der Waals surface area contributed by atoms with Crippen LogP contribution in [0.15, 0.2) is 6.07 Å². The lowest BCUT2D eigenvalue weighted by Gasteiger charge is -2.11. The number of nitrogens with one attached hydrogen (secondary N) is 1. The smallest absolute Gasteiger partial charge is 0.218 e. The van der Waals surface area contributed by atoms with Crippen LogP contribution in [0.5, 0.6) is 0 Å². The largest absolute Gasteiger partial charge is 0.370 e. The van der Waals surface area contributed by atoms with Crippen molar-refractivity contribution in [2.75, 3.05) is 0 Å². The van der Waals surface area contributed by atoms with E-state index in [2.05, 4.69) is 10.4 Å². The van der Waals surface area contributed by atoms with Crippen molar-refractivity contribution in [1.82, 2.24) is 15.1 Å². The van der Waals surface area contributed by atoms with Crippen molar-refractivity contribution >= 4 is 5.91 Å². The van der Waals surface area contributed by atoms with E-state index < -0.39 is 0 Å². The van der Waals surface area contributed by atoms with E-state index in [0.717, 1.165) is 11.4 Å². The van der Waals surface area contributed by atoms with Crippen molar-refractivity contribution in [3.8, 4) is 0 Å². The molecule has 0 saturated heterocycles. The average Bonchev–Trinajstić information content (AvgIpc) is 2.40. The van der Waals surface area contributed by atoms with Crippen molar-refractivity contribution in [2.45, 2.75) is 32.9 Å². The van der Waals surface area contributed by atoms with Gasteiger partial charge in [-0.05, 0) is 19.9 Å². The highest BCUT2D eigenvalue weighted by Gasteiger charge is 2.07. The van der Waals surface area contributed by atoms with Gasteiger partial charge in [-0.15, -0.1) is 0 Å². The number of nitrogens with zero attached hydrogens (tertiary/aromatic N) is 2. The minimum Gasteiger partial charge on any atom is -0.370 e. The van der Waals surface area contributed by atoms with Gasteiger partial charge in [0, 0.05) is 26.1 Å². The molecule has 1 aromatic rings. The summed E-state index contributed by atoms with van der Waals surface area (Å²) in [6.45, 7) is 4.59. The highest BCUT2D eigenvalue weighted by atomic mass is 16.1. The number of nitrogens with two attached hydrogens (primary N) is 1. The van der Waals surface area contributed by atoms with Crippen LogP contribution in [-0.4, -0.2) is 21.7 Å². The number of hydrogen-bond acceptors (Lipinski definition) is 3. The van der Waals surface area contributed by atoms with Gasteiger partial charge in [-0.2, -0.15) is 5.10 Å².